The van der Waals surface area contributed by atoms with Crippen molar-refractivity contribution in [1.82, 2.24) is 19.6 Å². The van der Waals surface area contributed by atoms with Gasteiger partial charge < -0.3 is 19.4 Å². The number of morpholine rings is 1. The Morgan fingerprint density at radius 2 is 2.13 bits per heavy atom. The Balaban J connectivity index is 1.85. The first-order valence-electron chi connectivity index (χ1n) is 7.54. The average Bonchev–Trinajstić information content (AvgIpc) is 2.96. The van der Waals surface area contributed by atoms with Crippen molar-refractivity contribution in [2.45, 2.75) is 19.4 Å². The van der Waals surface area contributed by atoms with Gasteiger partial charge in [-0.25, -0.2) is 4.98 Å². The van der Waals surface area contributed by atoms with Crippen LogP contribution in [0.25, 0.3) is 5.65 Å². The van der Waals surface area contributed by atoms with Gasteiger partial charge in [0.2, 0.25) is 0 Å². The summed E-state index contributed by atoms with van der Waals surface area (Å²) in [6.45, 7) is 4.65. The zero-order chi connectivity index (χ0) is 16.6. The first-order valence-corrected chi connectivity index (χ1v) is 7.54. The fourth-order valence-corrected chi connectivity index (χ4v) is 2.81. The van der Waals surface area contributed by atoms with Gasteiger partial charge >= 0.3 is 0 Å². The molecule has 3 rings (SSSR count). The third kappa shape index (κ3) is 2.79. The van der Waals surface area contributed by atoms with Crippen molar-refractivity contribution in [3.63, 3.8) is 0 Å². The number of likely N-dealkylation sites (N-methyl/N-ethyl adjacent to an activating group) is 1. The summed E-state index contributed by atoms with van der Waals surface area (Å²) in [5.41, 5.74) is 1.16. The second-order valence-corrected chi connectivity index (χ2v) is 5.98. The maximum absolute atomic E-state index is 12.7. The van der Waals surface area contributed by atoms with Crippen LogP contribution in [0, 0.1) is 6.92 Å². The number of aryl methyl sites for hydroxylation is 1. The van der Waals surface area contributed by atoms with Gasteiger partial charge in [0.25, 0.3) is 11.8 Å². The van der Waals surface area contributed by atoms with E-state index in [0.717, 1.165) is 11.2 Å². The highest BCUT2D eigenvalue weighted by molar-refractivity contribution is 5.94. The summed E-state index contributed by atoms with van der Waals surface area (Å²) >= 11 is 0. The summed E-state index contributed by atoms with van der Waals surface area (Å²) in [5.74, 6) is -0.426. The monoisotopic (exact) mass is 316 g/mol. The van der Waals surface area contributed by atoms with Crippen molar-refractivity contribution in [3.8, 4) is 0 Å². The number of hydrogen-bond acceptors (Lipinski definition) is 4. The average molecular weight is 316 g/mol. The number of pyridine rings is 1. The van der Waals surface area contributed by atoms with E-state index in [1.54, 1.807) is 25.1 Å². The molecule has 2 amide bonds. The van der Waals surface area contributed by atoms with Crippen molar-refractivity contribution in [2.75, 3.05) is 26.7 Å². The Kier molecular flexibility index (Phi) is 3.81. The van der Waals surface area contributed by atoms with Crippen LogP contribution in [0.1, 0.15) is 23.0 Å². The Hall–Kier alpha value is -2.41. The fourth-order valence-electron chi connectivity index (χ4n) is 2.81. The van der Waals surface area contributed by atoms with Gasteiger partial charge in [0.05, 0.1) is 13.2 Å². The van der Waals surface area contributed by atoms with Crippen LogP contribution >= 0.6 is 0 Å². The molecule has 2 aromatic rings. The molecule has 1 aliphatic rings. The largest absolute Gasteiger partial charge is 0.362 e. The van der Waals surface area contributed by atoms with E-state index in [2.05, 4.69) is 10.3 Å². The van der Waals surface area contributed by atoms with Gasteiger partial charge in [0.1, 0.15) is 11.3 Å². The van der Waals surface area contributed by atoms with E-state index in [-0.39, 0.29) is 18.4 Å². The SMILES string of the molecule is CNC(=O)[C@@]1(C)CN(C(=O)c2cn3cc(C)ccc3n2)CCO1. The van der Waals surface area contributed by atoms with E-state index >= 15 is 0 Å². The summed E-state index contributed by atoms with van der Waals surface area (Å²) in [7, 11) is 1.56. The molecule has 0 saturated carbocycles. The lowest BCUT2D eigenvalue weighted by molar-refractivity contribution is -0.153. The molecule has 7 heteroatoms. The minimum atomic E-state index is -1.03. The molecule has 2 aromatic heterocycles. The fraction of sp³-hybridized carbons (Fsp3) is 0.438. The van der Waals surface area contributed by atoms with Crippen molar-refractivity contribution in [1.29, 1.82) is 0 Å². The summed E-state index contributed by atoms with van der Waals surface area (Å²) in [5, 5.41) is 2.58. The lowest BCUT2D eigenvalue weighted by atomic mass is 10.0. The lowest BCUT2D eigenvalue weighted by Gasteiger charge is -2.38. The number of hydrogen-bond donors (Lipinski definition) is 1. The standard InChI is InChI=1S/C16H20N4O3/c1-11-4-5-13-18-12(9-20(13)8-11)14(21)19-6-7-23-16(2,10-19)15(22)17-3/h4-5,8-9H,6-7,10H2,1-3H3,(H,17,22)/t16-/m1/s1. The third-order valence-corrected chi connectivity index (χ3v) is 4.09. The van der Waals surface area contributed by atoms with E-state index in [1.165, 1.54) is 0 Å². The number of carbonyl (C=O) groups excluding carboxylic acids is 2. The van der Waals surface area contributed by atoms with Crippen LogP contribution in [-0.2, 0) is 9.53 Å². The smallest absolute Gasteiger partial charge is 0.274 e. The molecule has 1 saturated heterocycles. The number of aromatic nitrogens is 2. The van der Waals surface area contributed by atoms with Gasteiger partial charge in [-0.3, -0.25) is 9.59 Å². The molecule has 0 radical (unpaired) electrons. The number of nitrogens with zero attached hydrogens (tertiary/aromatic N) is 3. The molecule has 0 aliphatic carbocycles. The highest BCUT2D eigenvalue weighted by atomic mass is 16.5. The van der Waals surface area contributed by atoms with Gasteiger partial charge in [-0.15, -0.1) is 0 Å². The molecule has 1 aliphatic heterocycles. The van der Waals surface area contributed by atoms with Gasteiger partial charge in [0.15, 0.2) is 5.60 Å². The van der Waals surface area contributed by atoms with Crippen LogP contribution in [0.15, 0.2) is 24.5 Å². The molecule has 1 N–H and O–H groups in total. The molecule has 0 bridgehead atoms. The minimum absolute atomic E-state index is 0.190. The maximum Gasteiger partial charge on any atom is 0.274 e. The molecule has 0 spiro atoms. The Morgan fingerprint density at radius 3 is 2.87 bits per heavy atom. The summed E-state index contributed by atoms with van der Waals surface area (Å²) in [4.78, 5) is 30.7. The third-order valence-electron chi connectivity index (χ3n) is 4.09. The van der Waals surface area contributed by atoms with Crippen LogP contribution in [0.5, 0.6) is 0 Å². The molecule has 122 valence electrons. The van der Waals surface area contributed by atoms with E-state index in [9.17, 15) is 9.59 Å². The molecular formula is C16H20N4O3. The van der Waals surface area contributed by atoms with Crippen molar-refractivity contribution < 1.29 is 14.3 Å². The second kappa shape index (κ2) is 5.66. The van der Waals surface area contributed by atoms with Crippen LogP contribution in [0.2, 0.25) is 0 Å². The number of nitrogens with one attached hydrogen (secondary N) is 1. The number of ether oxygens (including phenoxy) is 1. The zero-order valence-electron chi connectivity index (χ0n) is 13.5. The molecule has 7 nitrogen and oxygen atoms in total. The molecule has 1 fully saturated rings. The van der Waals surface area contributed by atoms with Gasteiger partial charge in [-0.2, -0.15) is 0 Å². The van der Waals surface area contributed by atoms with E-state index in [1.807, 2.05) is 29.7 Å². The van der Waals surface area contributed by atoms with Crippen molar-refractivity contribution >= 4 is 17.5 Å². The highest BCUT2D eigenvalue weighted by Crippen LogP contribution is 2.20. The highest BCUT2D eigenvalue weighted by Gasteiger charge is 2.40. The molecule has 0 aromatic carbocycles. The van der Waals surface area contributed by atoms with Crippen LogP contribution in [-0.4, -0.2) is 58.4 Å². The molecular weight excluding hydrogens is 296 g/mol. The summed E-state index contributed by atoms with van der Waals surface area (Å²) < 4.78 is 7.41. The Morgan fingerprint density at radius 1 is 1.35 bits per heavy atom. The number of fused-ring (bicyclic) bond motifs is 1. The maximum atomic E-state index is 12.7. The van der Waals surface area contributed by atoms with Crippen LogP contribution in [0.3, 0.4) is 0 Å². The summed E-state index contributed by atoms with van der Waals surface area (Å²) in [6, 6.07) is 3.83. The normalized spacial score (nSPS) is 21.4. The first-order chi connectivity index (χ1) is 10.9. The minimum Gasteiger partial charge on any atom is -0.362 e. The lowest BCUT2D eigenvalue weighted by Crippen LogP contribution is -2.58. The van der Waals surface area contributed by atoms with Gasteiger partial charge in [-0.05, 0) is 25.5 Å². The predicted molar refractivity (Wildman–Crippen MR) is 84.3 cm³/mol. The summed E-state index contributed by atoms with van der Waals surface area (Å²) in [6.07, 6.45) is 3.64. The number of rotatable bonds is 2. The van der Waals surface area contributed by atoms with Gasteiger partial charge in [0, 0.05) is 26.0 Å². The number of carbonyl (C=O) groups is 2. The second-order valence-electron chi connectivity index (χ2n) is 5.98. The first kappa shape index (κ1) is 15.5. The van der Waals surface area contributed by atoms with E-state index < -0.39 is 5.60 Å². The molecule has 23 heavy (non-hydrogen) atoms. The quantitative estimate of drug-likeness (QED) is 0.881. The van der Waals surface area contributed by atoms with Gasteiger partial charge in [-0.1, -0.05) is 6.07 Å². The molecule has 1 atom stereocenters. The van der Waals surface area contributed by atoms with E-state index in [4.69, 9.17) is 4.74 Å². The zero-order valence-corrected chi connectivity index (χ0v) is 13.5. The van der Waals surface area contributed by atoms with Crippen LogP contribution < -0.4 is 5.32 Å². The topological polar surface area (TPSA) is 75.9 Å². The Bertz CT molecular complexity index is 770. The molecule has 0 unspecified atom stereocenters. The van der Waals surface area contributed by atoms with Crippen LogP contribution in [0.4, 0.5) is 0 Å². The van der Waals surface area contributed by atoms with E-state index in [0.29, 0.717) is 18.8 Å². The van der Waals surface area contributed by atoms with Crippen molar-refractivity contribution in [2.24, 2.45) is 0 Å². The molecule has 3 heterocycles. The van der Waals surface area contributed by atoms with Crippen molar-refractivity contribution in [3.05, 3.63) is 35.8 Å². The number of amides is 2. The predicted octanol–water partition coefficient (Wildman–Crippen LogP) is 0.620. The number of imidazole rings is 1. The Labute approximate surface area is 134 Å².